The van der Waals surface area contributed by atoms with E-state index in [1.165, 1.54) is 6.26 Å². The van der Waals surface area contributed by atoms with Crippen molar-refractivity contribution in [3.8, 4) is 0 Å². The molecule has 2 amide bonds. The number of carbonyl (C=O) groups is 3. The smallest absolute Gasteiger partial charge is 0.311 e. The van der Waals surface area contributed by atoms with Gasteiger partial charge in [-0.15, -0.1) is 0 Å². The van der Waals surface area contributed by atoms with Crippen molar-refractivity contribution < 1.29 is 23.5 Å². The molecular weight excluding hydrogens is 384 g/mol. The largest absolute Gasteiger partial charge is 0.467 e. The number of likely N-dealkylation sites (tertiary alicyclic amines) is 1. The molecule has 148 valence electrons. The number of hydrogen-bond donors (Lipinski definition) is 1. The zero-order valence-corrected chi connectivity index (χ0v) is 16.4. The lowest BCUT2D eigenvalue weighted by molar-refractivity contribution is -0.151. The normalized spacial score (nSPS) is 16.3. The number of carbonyl (C=O) groups excluding carboxylic acids is 3. The van der Waals surface area contributed by atoms with Crippen molar-refractivity contribution in [2.45, 2.75) is 26.8 Å². The Balaban J connectivity index is 1.50. The third-order valence-electron chi connectivity index (χ3n) is 4.52. The molecule has 0 aliphatic carbocycles. The average molecular weight is 405 g/mol. The Morgan fingerprint density at radius 2 is 2.14 bits per heavy atom. The molecule has 1 N–H and O–H groups in total. The van der Waals surface area contributed by atoms with Gasteiger partial charge in [0.05, 0.1) is 29.4 Å². The van der Waals surface area contributed by atoms with Crippen molar-refractivity contribution in [3.05, 3.63) is 52.4 Å². The summed E-state index contributed by atoms with van der Waals surface area (Å²) in [7, 11) is 0. The molecule has 1 atom stereocenters. The topological polar surface area (TPSA) is 88.8 Å². The first-order valence-corrected chi connectivity index (χ1v) is 9.24. The number of nitrogens with one attached hydrogen (secondary N) is 1. The summed E-state index contributed by atoms with van der Waals surface area (Å²) in [4.78, 5) is 38.0. The first-order chi connectivity index (χ1) is 13.3. The molecule has 2 heterocycles. The summed E-state index contributed by atoms with van der Waals surface area (Å²) in [5.41, 5.74) is 2.30. The summed E-state index contributed by atoms with van der Waals surface area (Å²) in [5.74, 6) is -1.16. The Labute approximate surface area is 167 Å². The van der Waals surface area contributed by atoms with Gasteiger partial charge < -0.3 is 19.4 Å². The van der Waals surface area contributed by atoms with Crippen LogP contribution in [0.5, 0.6) is 0 Å². The molecule has 1 fully saturated rings. The maximum atomic E-state index is 12.2. The number of anilines is 1. The van der Waals surface area contributed by atoms with Crippen LogP contribution in [-0.2, 0) is 25.7 Å². The quantitative estimate of drug-likeness (QED) is 0.747. The second-order valence-corrected chi connectivity index (χ2v) is 7.26. The van der Waals surface area contributed by atoms with Crippen LogP contribution in [0.1, 0.15) is 23.3 Å². The molecular formula is C20H21ClN2O5. The first-order valence-electron chi connectivity index (χ1n) is 8.87. The van der Waals surface area contributed by atoms with Crippen molar-refractivity contribution >= 4 is 35.1 Å². The van der Waals surface area contributed by atoms with Crippen LogP contribution in [-0.4, -0.2) is 35.8 Å². The number of amides is 2. The molecule has 1 saturated heterocycles. The summed E-state index contributed by atoms with van der Waals surface area (Å²) < 4.78 is 10.3. The van der Waals surface area contributed by atoms with E-state index < -0.39 is 24.4 Å². The van der Waals surface area contributed by atoms with Gasteiger partial charge in [-0.25, -0.2) is 0 Å². The lowest BCUT2D eigenvalue weighted by Crippen LogP contribution is -2.28. The minimum atomic E-state index is -0.597. The molecule has 1 aliphatic heterocycles. The van der Waals surface area contributed by atoms with E-state index in [1.54, 1.807) is 23.1 Å². The fourth-order valence-corrected chi connectivity index (χ4v) is 3.55. The van der Waals surface area contributed by atoms with Crippen LogP contribution >= 0.6 is 11.6 Å². The highest BCUT2D eigenvalue weighted by molar-refractivity contribution is 6.34. The summed E-state index contributed by atoms with van der Waals surface area (Å²) >= 11 is 6.16. The van der Waals surface area contributed by atoms with Crippen LogP contribution in [0.2, 0.25) is 5.02 Å². The highest BCUT2D eigenvalue weighted by Gasteiger charge is 2.35. The van der Waals surface area contributed by atoms with Crippen molar-refractivity contribution in [3.63, 3.8) is 0 Å². The molecule has 0 radical (unpaired) electrons. The molecule has 8 heteroatoms. The fourth-order valence-electron chi connectivity index (χ4n) is 3.18. The maximum Gasteiger partial charge on any atom is 0.311 e. The van der Waals surface area contributed by atoms with Gasteiger partial charge in [0.25, 0.3) is 5.91 Å². The molecule has 0 unspecified atom stereocenters. The molecule has 1 aromatic carbocycles. The van der Waals surface area contributed by atoms with Crippen LogP contribution in [0.15, 0.2) is 34.9 Å². The molecule has 0 bridgehead atoms. The Hall–Kier alpha value is -2.80. The van der Waals surface area contributed by atoms with E-state index in [0.29, 0.717) is 23.0 Å². The second-order valence-electron chi connectivity index (χ2n) is 6.85. The minimum Gasteiger partial charge on any atom is -0.467 e. The third-order valence-corrected chi connectivity index (χ3v) is 4.81. The SMILES string of the molecule is Cc1cc(C)c(NC(=O)COC(=O)[C@@H]2CC(=O)N(Cc3ccco3)C2)c(Cl)c1. The highest BCUT2D eigenvalue weighted by Crippen LogP contribution is 2.27. The Morgan fingerprint density at radius 3 is 2.82 bits per heavy atom. The predicted molar refractivity (Wildman–Crippen MR) is 103 cm³/mol. The molecule has 1 aromatic heterocycles. The molecule has 2 aromatic rings. The standard InChI is InChI=1S/C20H21ClN2O5/c1-12-6-13(2)19(16(21)7-12)22-17(24)11-28-20(26)14-8-18(25)23(9-14)10-15-4-3-5-27-15/h3-7,14H,8-11H2,1-2H3,(H,22,24)/t14-/m1/s1. The molecule has 3 rings (SSSR count). The zero-order chi connectivity index (χ0) is 20.3. The van der Waals surface area contributed by atoms with Crippen LogP contribution < -0.4 is 5.32 Å². The van der Waals surface area contributed by atoms with Gasteiger partial charge in [-0.1, -0.05) is 17.7 Å². The molecule has 28 heavy (non-hydrogen) atoms. The number of rotatable bonds is 6. The van der Waals surface area contributed by atoms with Crippen molar-refractivity contribution in [1.82, 2.24) is 4.90 Å². The monoisotopic (exact) mass is 404 g/mol. The van der Waals surface area contributed by atoms with E-state index in [4.69, 9.17) is 20.8 Å². The lowest BCUT2D eigenvalue weighted by atomic mass is 10.1. The number of nitrogens with zero attached hydrogens (tertiary/aromatic N) is 1. The molecule has 0 saturated carbocycles. The number of hydrogen-bond acceptors (Lipinski definition) is 5. The highest BCUT2D eigenvalue weighted by atomic mass is 35.5. The summed E-state index contributed by atoms with van der Waals surface area (Å²) in [6.45, 7) is 3.85. The average Bonchev–Trinajstić information content (AvgIpc) is 3.26. The zero-order valence-electron chi connectivity index (χ0n) is 15.7. The number of ether oxygens (including phenoxy) is 1. The number of aryl methyl sites for hydroxylation is 2. The Bertz CT molecular complexity index is 871. The van der Waals surface area contributed by atoms with E-state index in [2.05, 4.69) is 5.32 Å². The van der Waals surface area contributed by atoms with Gasteiger partial charge in [0.1, 0.15) is 5.76 Å². The molecule has 0 spiro atoms. The van der Waals surface area contributed by atoms with Crippen molar-refractivity contribution in [2.24, 2.45) is 5.92 Å². The van der Waals surface area contributed by atoms with Crippen LogP contribution in [0.3, 0.4) is 0 Å². The van der Waals surface area contributed by atoms with Crippen LogP contribution in [0.25, 0.3) is 0 Å². The third kappa shape index (κ3) is 4.72. The van der Waals surface area contributed by atoms with Crippen LogP contribution in [0, 0.1) is 19.8 Å². The van der Waals surface area contributed by atoms with Gasteiger partial charge in [-0.2, -0.15) is 0 Å². The van der Waals surface area contributed by atoms with Crippen molar-refractivity contribution in [1.29, 1.82) is 0 Å². The van der Waals surface area contributed by atoms with Crippen molar-refractivity contribution in [2.75, 3.05) is 18.5 Å². The van der Waals surface area contributed by atoms with Gasteiger partial charge >= 0.3 is 5.97 Å². The first kappa shape index (κ1) is 19.9. The van der Waals surface area contributed by atoms with Gasteiger partial charge in [0.2, 0.25) is 5.91 Å². The Kier molecular flexibility index (Phi) is 6.04. The van der Waals surface area contributed by atoms with Gasteiger partial charge in [0, 0.05) is 13.0 Å². The fraction of sp³-hybridized carbons (Fsp3) is 0.350. The second kappa shape index (κ2) is 8.48. The van der Waals surface area contributed by atoms with E-state index >= 15 is 0 Å². The van der Waals surface area contributed by atoms with E-state index in [0.717, 1.165) is 11.1 Å². The van der Waals surface area contributed by atoms with Gasteiger partial charge in [-0.3, -0.25) is 14.4 Å². The summed E-state index contributed by atoms with van der Waals surface area (Å²) in [6, 6.07) is 7.14. The minimum absolute atomic E-state index is 0.0596. The van der Waals surface area contributed by atoms with Gasteiger partial charge in [0.15, 0.2) is 6.61 Å². The number of esters is 1. The number of furan rings is 1. The summed E-state index contributed by atoms with van der Waals surface area (Å²) in [6.07, 6.45) is 1.59. The van der Waals surface area contributed by atoms with E-state index in [-0.39, 0.29) is 18.9 Å². The molecule has 1 aliphatic rings. The maximum absolute atomic E-state index is 12.2. The summed E-state index contributed by atoms with van der Waals surface area (Å²) in [5, 5.41) is 3.08. The van der Waals surface area contributed by atoms with E-state index in [9.17, 15) is 14.4 Å². The van der Waals surface area contributed by atoms with Gasteiger partial charge in [-0.05, 0) is 43.2 Å². The molecule has 7 nitrogen and oxygen atoms in total. The predicted octanol–water partition coefficient (Wildman–Crippen LogP) is 3.08. The van der Waals surface area contributed by atoms with Crippen LogP contribution in [0.4, 0.5) is 5.69 Å². The lowest BCUT2D eigenvalue weighted by Gasteiger charge is -2.15. The number of benzene rings is 1. The number of halogens is 1. The Morgan fingerprint density at radius 1 is 1.36 bits per heavy atom. The van der Waals surface area contributed by atoms with E-state index in [1.807, 2.05) is 19.9 Å².